The normalized spacial score (nSPS) is 13.1. The molecule has 0 aromatic heterocycles. The summed E-state index contributed by atoms with van der Waals surface area (Å²) in [6, 6.07) is 14.3. The minimum atomic E-state index is -0.443. The van der Waals surface area contributed by atoms with Crippen molar-refractivity contribution in [1.82, 2.24) is 4.90 Å². The predicted molar refractivity (Wildman–Crippen MR) is 128 cm³/mol. The minimum absolute atomic E-state index is 0.0360. The third-order valence-electron chi connectivity index (χ3n) is 5.49. The fraction of sp³-hybridized carbons (Fsp3) is 0.280. The van der Waals surface area contributed by atoms with Crippen molar-refractivity contribution in [3.8, 4) is 0 Å². The van der Waals surface area contributed by atoms with Gasteiger partial charge in [-0.25, -0.2) is 0 Å². The number of carbonyl (C=O) groups is 3. The van der Waals surface area contributed by atoms with E-state index in [1.54, 1.807) is 43.3 Å². The van der Waals surface area contributed by atoms with Crippen LogP contribution in [-0.2, 0) is 30.3 Å². The molecular formula is C25H28N4O5. The van der Waals surface area contributed by atoms with Gasteiger partial charge in [0.15, 0.2) is 6.61 Å². The maximum atomic E-state index is 13.2. The molecule has 0 spiro atoms. The third-order valence-corrected chi connectivity index (χ3v) is 5.49. The molecule has 0 saturated heterocycles. The molecule has 2 aromatic rings. The van der Waals surface area contributed by atoms with Gasteiger partial charge in [-0.15, -0.1) is 0 Å². The summed E-state index contributed by atoms with van der Waals surface area (Å²) in [6.45, 7) is 0.0259. The Morgan fingerprint density at radius 2 is 1.74 bits per heavy atom. The molecule has 0 saturated carbocycles. The van der Waals surface area contributed by atoms with Crippen molar-refractivity contribution in [2.45, 2.75) is 12.8 Å². The largest absolute Gasteiger partial charge is 0.498 e. The zero-order chi connectivity index (χ0) is 24.8. The van der Waals surface area contributed by atoms with Gasteiger partial charge in [0.1, 0.15) is 11.6 Å². The van der Waals surface area contributed by atoms with E-state index in [1.165, 1.54) is 12.0 Å². The Morgan fingerprint density at radius 1 is 1.09 bits per heavy atom. The molecular weight excluding hydrogens is 436 g/mol. The lowest BCUT2D eigenvalue weighted by Gasteiger charge is -2.17. The van der Waals surface area contributed by atoms with Gasteiger partial charge in [-0.05, 0) is 41.8 Å². The topological polar surface area (TPSA) is 126 Å². The van der Waals surface area contributed by atoms with Crippen molar-refractivity contribution in [2.24, 2.45) is 5.73 Å². The summed E-state index contributed by atoms with van der Waals surface area (Å²) in [5, 5.41) is 7.51. The average Bonchev–Trinajstić information content (AvgIpc) is 3.17. The van der Waals surface area contributed by atoms with Gasteiger partial charge >= 0.3 is 5.97 Å². The summed E-state index contributed by atoms with van der Waals surface area (Å²) in [6.07, 6.45) is 0.600. The Hall–Kier alpha value is -4.14. The third kappa shape index (κ3) is 5.61. The molecule has 2 aromatic carbocycles. The van der Waals surface area contributed by atoms with Crippen LogP contribution in [0.4, 0.5) is 5.69 Å². The molecule has 0 unspecified atom stereocenters. The van der Waals surface area contributed by atoms with Crippen LogP contribution in [0.3, 0.4) is 0 Å². The van der Waals surface area contributed by atoms with Gasteiger partial charge in [0.2, 0.25) is 0 Å². The van der Waals surface area contributed by atoms with Gasteiger partial charge in [0.25, 0.3) is 11.8 Å². The van der Waals surface area contributed by atoms with Crippen LogP contribution in [0.25, 0.3) is 5.57 Å². The average molecular weight is 465 g/mol. The highest BCUT2D eigenvalue weighted by Gasteiger charge is 2.33. The Balaban J connectivity index is 1.65. The number of benzene rings is 2. The number of ether oxygens (including phenoxy) is 2. The number of nitrogens with one attached hydrogen (secondary N) is 1. The van der Waals surface area contributed by atoms with Crippen LogP contribution >= 0.6 is 0 Å². The molecule has 3 N–H and O–H groups in total. The molecule has 2 amide bonds. The van der Waals surface area contributed by atoms with E-state index in [-0.39, 0.29) is 30.7 Å². The molecule has 0 fully saturated rings. The monoisotopic (exact) mass is 464 g/mol. The van der Waals surface area contributed by atoms with E-state index in [0.29, 0.717) is 41.1 Å². The molecule has 178 valence electrons. The summed E-state index contributed by atoms with van der Waals surface area (Å²) in [5.41, 5.74) is 8.87. The molecule has 0 radical (unpaired) electrons. The van der Waals surface area contributed by atoms with Gasteiger partial charge < -0.3 is 25.0 Å². The van der Waals surface area contributed by atoms with Crippen molar-refractivity contribution in [2.75, 3.05) is 39.3 Å². The highest BCUT2D eigenvalue weighted by atomic mass is 16.5. The fourth-order valence-corrected chi connectivity index (χ4v) is 3.46. The first-order valence-corrected chi connectivity index (χ1v) is 10.7. The summed E-state index contributed by atoms with van der Waals surface area (Å²) in [5.74, 6) is -0.381. The fourth-order valence-electron chi connectivity index (χ4n) is 3.46. The predicted octanol–water partition coefficient (Wildman–Crippen LogP) is 1.94. The number of hydrogen-bond donors (Lipinski definition) is 2. The number of nitrogen functional groups attached to an aromatic ring is 1. The van der Waals surface area contributed by atoms with Crippen LogP contribution in [-0.4, -0.2) is 62.9 Å². The van der Waals surface area contributed by atoms with Crippen molar-refractivity contribution in [3.63, 3.8) is 0 Å². The van der Waals surface area contributed by atoms with Gasteiger partial charge in [-0.3, -0.25) is 19.8 Å². The van der Waals surface area contributed by atoms with Crippen LogP contribution in [0.15, 0.2) is 54.3 Å². The summed E-state index contributed by atoms with van der Waals surface area (Å²) in [7, 11) is 4.73. The minimum Gasteiger partial charge on any atom is -0.498 e. The molecule has 1 heterocycles. The number of esters is 1. The first-order chi connectivity index (χ1) is 16.2. The summed E-state index contributed by atoms with van der Waals surface area (Å²) < 4.78 is 10.5. The zero-order valence-corrected chi connectivity index (χ0v) is 19.5. The van der Waals surface area contributed by atoms with E-state index in [1.807, 2.05) is 24.3 Å². The second-order valence-corrected chi connectivity index (χ2v) is 8.00. The first-order valence-electron chi connectivity index (χ1n) is 10.7. The SMILES string of the molecule is COC1=C(c2ccc(CCC(=O)OCC(=O)N(C)C)cc2)C(=O)N(c2ccc(C(=N)N)cc2)C1. The summed E-state index contributed by atoms with van der Waals surface area (Å²) in [4.78, 5) is 39.6. The molecule has 0 atom stereocenters. The lowest BCUT2D eigenvalue weighted by Crippen LogP contribution is -2.27. The number of amidine groups is 1. The Bertz CT molecular complexity index is 1120. The molecule has 0 aliphatic carbocycles. The molecule has 1 aliphatic heterocycles. The van der Waals surface area contributed by atoms with Crippen LogP contribution in [0.5, 0.6) is 0 Å². The zero-order valence-electron chi connectivity index (χ0n) is 19.5. The highest BCUT2D eigenvalue weighted by Crippen LogP contribution is 2.32. The first kappa shape index (κ1) is 24.5. The van der Waals surface area contributed by atoms with Gasteiger partial charge in [-0.1, -0.05) is 24.3 Å². The number of methoxy groups -OCH3 is 1. The standard InChI is InChI=1S/C25H28N4O5/c1-28(2)21(30)15-34-22(31)13-6-16-4-7-17(8-5-16)23-20(33-3)14-29(25(23)32)19-11-9-18(10-12-19)24(26)27/h4-5,7-12H,6,13-15H2,1-3H3,(H3,26,27). The number of carbonyl (C=O) groups excluding carboxylic acids is 3. The number of likely N-dealkylation sites (N-methyl/N-ethyl adjacent to an activating group) is 1. The smallest absolute Gasteiger partial charge is 0.306 e. The number of rotatable bonds is 9. The van der Waals surface area contributed by atoms with E-state index in [9.17, 15) is 14.4 Å². The van der Waals surface area contributed by atoms with E-state index in [4.69, 9.17) is 20.6 Å². The molecule has 34 heavy (non-hydrogen) atoms. The van der Waals surface area contributed by atoms with Crippen molar-refractivity contribution in [3.05, 3.63) is 71.0 Å². The van der Waals surface area contributed by atoms with E-state index >= 15 is 0 Å². The highest BCUT2D eigenvalue weighted by molar-refractivity contribution is 6.29. The van der Waals surface area contributed by atoms with Crippen molar-refractivity contribution < 1.29 is 23.9 Å². The second-order valence-electron chi connectivity index (χ2n) is 8.00. The van der Waals surface area contributed by atoms with Crippen LogP contribution in [0.2, 0.25) is 0 Å². The van der Waals surface area contributed by atoms with Crippen LogP contribution in [0, 0.1) is 5.41 Å². The molecule has 9 nitrogen and oxygen atoms in total. The van der Waals surface area contributed by atoms with Gasteiger partial charge in [0.05, 0.1) is 19.2 Å². The Kier molecular flexibility index (Phi) is 7.68. The maximum absolute atomic E-state index is 13.2. The quantitative estimate of drug-likeness (QED) is 0.332. The lowest BCUT2D eigenvalue weighted by atomic mass is 10.0. The van der Waals surface area contributed by atoms with Crippen molar-refractivity contribution >= 4 is 34.9 Å². The number of nitrogens with zero attached hydrogens (tertiary/aromatic N) is 2. The van der Waals surface area contributed by atoms with E-state index in [0.717, 1.165) is 5.56 Å². The Labute approximate surface area is 198 Å². The van der Waals surface area contributed by atoms with Gasteiger partial charge in [-0.2, -0.15) is 0 Å². The molecule has 3 rings (SSSR count). The lowest BCUT2D eigenvalue weighted by molar-refractivity contribution is -0.151. The van der Waals surface area contributed by atoms with E-state index in [2.05, 4.69) is 0 Å². The number of anilines is 1. The Morgan fingerprint density at radius 3 is 2.29 bits per heavy atom. The second kappa shape index (κ2) is 10.7. The van der Waals surface area contributed by atoms with Crippen LogP contribution in [0.1, 0.15) is 23.1 Å². The molecule has 9 heteroatoms. The maximum Gasteiger partial charge on any atom is 0.306 e. The van der Waals surface area contributed by atoms with E-state index < -0.39 is 5.97 Å². The number of hydrogen-bond acceptors (Lipinski definition) is 6. The molecule has 1 aliphatic rings. The number of aryl methyl sites for hydroxylation is 1. The molecule has 0 bridgehead atoms. The van der Waals surface area contributed by atoms with Crippen LogP contribution < -0.4 is 10.6 Å². The summed E-state index contributed by atoms with van der Waals surface area (Å²) >= 11 is 0. The van der Waals surface area contributed by atoms with Gasteiger partial charge in [0, 0.05) is 31.8 Å². The van der Waals surface area contributed by atoms with Crippen molar-refractivity contribution in [1.29, 1.82) is 5.41 Å². The number of nitrogens with two attached hydrogens (primary N) is 1. The number of amides is 2.